The van der Waals surface area contributed by atoms with E-state index in [2.05, 4.69) is 5.32 Å². The minimum atomic E-state index is 0.0346. The molecule has 3 rings (SSSR count). The lowest BCUT2D eigenvalue weighted by Gasteiger charge is -2.27. The van der Waals surface area contributed by atoms with Crippen molar-refractivity contribution in [1.82, 2.24) is 5.32 Å². The molecule has 0 aromatic heterocycles. The van der Waals surface area contributed by atoms with Gasteiger partial charge in [0, 0.05) is 12.2 Å². The Morgan fingerprint density at radius 2 is 2.21 bits per heavy atom. The normalized spacial score (nSPS) is 29.3. The average Bonchev–Trinajstić information content (AvgIpc) is 2.66. The van der Waals surface area contributed by atoms with Crippen LogP contribution in [-0.2, 0) is 4.74 Å². The number of hydrogen-bond donors (Lipinski definition) is 1. The van der Waals surface area contributed by atoms with E-state index in [1.165, 1.54) is 0 Å². The number of carbonyl (C=O) groups is 1. The van der Waals surface area contributed by atoms with Crippen LogP contribution in [0.15, 0.2) is 24.3 Å². The summed E-state index contributed by atoms with van der Waals surface area (Å²) in [5.74, 6) is 0.0346. The van der Waals surface area contributed by atoms with Gasteiger partial charge in [-0.05, 0) is 18.1 Å². The van der Waals surface area contributed by atoms with Gasteiger partial charge in [0.2, 0.25) is 0 Å². The molecule has 72 valence electrons. The predicted octanol–water partition coefficient (Wildman–Crippen LogP) is 1.26. The van der Waals surface area contributed by atoms with Gasteiger partial charge >= 0.3 is 0 Å². The Morgan fingerprint density at radius 3 is 3.14 bits per heavy atom. The maximum Gasteiger partial charge on any atom is 0.251 e. The zero-order chi connectivity index (χ0) is 9.54. The van der Waals surface area contributed by atoms with Crippen LogP contribution in [0.25, 0.3) is 0 Å². The van der Waals surface area contributed by atoms with Crippen molar-refractivity contribution in [2.45, 2.75) is 18.6 Å². The van der Waals surface area contributed by atoms with Crippen LogP contribution < -0.4 is 5.32 Å². The first-order valence-corrected chi connectivity index (χ1v) is 4.87. The van der Waals surface area contributed by atoms with Crippen LogP contribution in [0.4, 0.5) is 0 Å². The number of hydrogen-bond acceptors (Lipinski definition) is 2. The topological polar surface area (TPSA) is 38.3 Å². The molecule has 0 bridgehead atoms. The Balaban J connectivity index is 2.13. The van der Waals surface area contributed by atoms with E-state index >= 15 is 0 Å². The van der Waals surface area contributed by atoms with Crippen LogP contribution in [-0.4, -0.2) is 18.6 Å². The van der Waals surface area contributed by atoms with Crippen molar-refractivity contribution in [2.24, 2.45) is 0 Å². The van der Waals surface area contributed by atoms with E-state index < -0.39 is 0 Å². The van der Waals surface area contributed by atoms with Crippen LogP contribution in [0.5, 0.6) is 0 Å². The zero-order valence-corrected chi connectivity index (χ0v) is 7.69. The Hall–Kier alpha value is -1.35. The number of ether oxygens (including phenoxy) is 1. The number of carbonyl (C=O) groups excluding carboxylic acids is 1. The molecule has 0 aliphatic carbocycles. The quantitative estimate of drug-likeness (QED) is 0.667. The smallest absolute Gasteiger partial charge is 0.251 e. The third-order valence-corrected chi connectivity index (χ3v) is 2.92. The fourth-order valence-electron chi connectivity index (χ4n) is 2.24. The molecule has 1 saturated heterocycles. The summed E-state index contributed by atoms with van der Waals surface area (Å²) in [7, 11) is 0. The summed E-state index contributed by atoms with van der Waals surface area (Å²) < 4.78 is 5.62. The Kier molecular flexibility index (Phi) is 1.61. The molecule has 14 heavy (non-hydrogen) atoms. The zero-order valence-electron chi connectivity index (χ0n) is 7.69. The second kappa shape index (κ2) is 2.82. The Bertz CT molecular complexity index is 389. The van der Waals surface area contributed by atoms with Gasteiger partial charge in [0.25, 0.3) is 5.91 Å². The Labute approximate surface area is 82.1 Å². The molecule has 2 atom stereocenters. The molecule has 1 fully saturated rings. The monoisotopic (exact) mass is 189 g/mol. The van der Waals surface area contributed by atoms with Gasteiger partial charge < -0.3 is 10.1 Å². The third-order valence-electron chi connectivity index (χ3n) is 2.92. The second-order valence-electron chi connectivity index (χ2n) is 3.75. The average molecular weight is 189 g/mol. The molecular weight excluding hydrogens is 178 g/mol. The van der Waals surface area contributed by atoms with Gasteiger partial charge in [-0.25, -0.2) is 0 Å². The summed E-state index contributed by atoms with van der Waals surface area (Å²) in [5, 5.41) is 2.97. The van der Waals surface area contributed by atoms with Crippen molar-refractivity contribution in [3.05, 3.63) is 35.4 Å². The first kappa shape index (κ1) is 8.00. The summed E-state index contributed by atoms with van der Waals surface area (Å²) in [5.41, 5.74) is 1.80. The van der Waals surface area contributed by atoms with Gasteiger partial charge in [0.1, 0.15) is 6.10 Å². The molecule has 0 saturated carbocycles. The summed E-state index contributed by atoms with van der Waals surface area (Å²) >= 11 is 0. The van der Waals surface area contributed by atoms with Crippen LogP contribution in [0, 0.1) is 0 Å². The van der Waals surface area contributed by atoms with Crippen LogP contribution >= 0.6 is 0 Å². The first-order chi connectivity index (χ1) is 6.86. The molecule has 2 aliphatic rings. The first-order valence-electron chi connectivity index (χ1n) is 4.87. The van der Waals surface area contributed by atoms with E-state index in [4.69, 9.17) is 4.74 Å². The van der Waals surface area contributed by atoms with E-state index in [1.807, 2.05) is 24.3 Å². The minimum Gasteiger partial charge on any atom is -0.371 e. The molecule has 3 nitrogen and oxygen atoms in total. The van der Waals surface area contributed by atoms with Crippen molar-refractivity contribution in [3.8, 4) is 0 Å². The summed E-state index contributed by atoms with van der Waals surface area (Å²) in [6.45, 7) is 0.740. The lowest BCUT2D eigenvalue weighted by atomic mass is 9.92. The van der Waals surface area contributed by atoms with Gasteiger partial charge in [-0.15, -0.1) is 0 Å². The molecule has 2 heterocycles. The predicted molar refractivity (Wildman–Crippen MR) is 51.0 cm³/mol. The van der Waals surface area contributed by atoms with E-state index in [0.717, 1.165) is 24.2 Å². The molecule has 1 N–H and O–H groups in total. The van der Waals surface area contributed by atoms with Gasteiger partial charge in [0.05, 0.1) is 6.04 Å². The number of benzene rings is 1. The largest absolute Gasteiger partial charge is 0.371 e. The van der Waals surface area contributed by atoms with Gasteiger partial charge in [-0.3, -0.25) is 4.79 Å². The van der Waals surface area contributed by atoms with Crippen LogP contribution in [0.2, 0.25) is 0 Å². The SMILES string of the molecule is O=C1N[C@H]2CCO[C@H]2c2ccccc21. The molecule has 1 amide bonds. The summed E-state index contributed by atoms with van der Waals surface area (Å²) in [4.78, 5) is 11.7. The van der Waals surface area contributed by atoms with Gasteiger partial charge in [-0.2, -0.15) is 0 Å². The maximum atomic E-state index is 11.7. The third kappa shape index (κ3) is 0.990. The molecule has 1 aromatic carbocycles. The number of amides is 1. The highest BCUT2D eigenvalue weighted by atomic mass is 16.5. The fraction of sp³-hybridized carbons (Fsp3) is 0.364. The highest BCUT2D eigenvalue weighted by molar-refractivity contribution is 5.97. The lowest BCUT2D eigenvalue weighted by molar-refractivity contribution is 0.0746. The molecule has 0 unspecified atom stereocenters. The lowest BCUT2D eigenvalue weighted by Crippen LogP contribution is -2.41. The highest BCUT2D eigenvalue weighted by Crippen LogP contribution is 2.34. The molecular formula is C11H11NO2. The number of rotatable bonds is 0. The van der Waals surface area contributed by atoms with Crippen LogP contribution in [0.3, 0.4) is 0 Å². The van der Waals surface area contributed by atoms with Gasteiger partial charge in [0.15, 0.2) is 0 Å². The molecule has 0 spiro atoms. The van der Waals surface area contributed by atoms with Crippen molar-refractivity contribution < 1.29 is 9.53 Å². The minimum absolute atomic E-state index is 0.0346. The van der Waals surface area contributed by atoms with Crippen molar-refractivity contribution in [2.75, 3.05) is 6.61 Å². The van der Waals surface area contributed by atoms with E-state index in [0.29, 0.717) is 0 Å². The standard InChI is InChI=1S/C11H11NO2/c13-11-8-4-2-1-3-7(8)10-9(12-11)5-6-14-10/h1-4,9-10H,5-6H2,(H,12,13)/t9-,10-/m0/s1. The van der Waals surface area contributed by atoms with Crippen LogP contribution in [0.1, 0.15) is 28.4 Å². The second-order valence-corrected chi connectivity index (χ2v) is 3.75. The molecule has 0 radical (unpaired) electrons. The van der Waals surface area contributed by atoms with Gasteiger partial charge in [-0.1, -0.05) is 18.2 Å². The summed E-state index contributed by atoms with van der Waals surface area (Å²) in [6, 6.07) is 7.85. The van der Waals surface area contributed by atoms with E-state index in [-0.39, 0.29) is 18.1 Å². The number of fused-ring (bicyclic) bond motifs is 3. The van der Waals surface area contributed by atoms with E-state index in [1.54, 1.807) is 0 Å². The van der Waals surface area contributed by atoms with E-state index in [9.17, 15) is 4.79 Å². The summed E-state index contributed by atoms with van der Waals surface area (Å²) in [6.07, 6.45) is 0.994. The maximum absolute atomic E-state index is 11.7. The fourth-order valence-corrected chi connectivity index (χ4v) is 2.24. The number of nitrogens with one attached hydrogen (secondary N) is 1. The van der Waals surface area contributed by atoms with Crippen molar-refractivity contribution in [1.29, 1.82) is 0 Å². The molecule has 1 aromatic rings. The van der Waals surface area contributed by atoms with Crippen molar-refractivity contribution in [3.63, 3.8) is 0 Å². The highest BCUT2D eigenvalue weighted by Gasteiger charge is 2.37. The molecule has 2 aliphatic heterocycles. The molecule has 3 heteroatoms. The van der Waals surface area contributed by atoms with Crippen molar-refractivity contribution >= 4 is 5.91 Å². The Morgan fingerprint density at radius 1 is 1.36 bits per heavy atom.